The van der Waals surface area contributed by atoms with E-state index >= 15 is 0 Å². The highest BCUT2D eigenvalue weighted by Gasteiger charge is 2.26. The largest absolute Gasteiger partial charge is 0.481 e. The Hall–Kier alpha value is -1.56. The Morgan fingerprint density at radius 3 is 2.48 bits per heavy atom. The predicted octanol–water partition coefficient (Wildman–Crippen LogP) is 3.52. The molecule has 5 nitrogen and oxygen atoms in total. The summed E-state index contributed by atoms with van der Waals surface area (Å²) in [6.45, 7) is 1.98. The smallest absolute Gasteiger partial charge is 0.319 e. The van der Waals surface area contributed by atoms with E-state index in [1.165, 1.54) is 0 Å². The van der Waals surface area contributed by atoms with Crippen LogP contribution in [-0.4, -0.2) is 23.1 Å². The van der Waals surface area contributed by atoms with Crippen LogP contribution in [0.2, 0.25) is 0 Å². The molecule has 1 aliphatic rings. The van der Waals surface area contributed by atoms with Crippen molar-refractivity contribution < 1.29 is 14.7 Å². The predicted molar refractivity (Wildman–Crippen MR) is 84.4 cm³/mol. The van der Waals surface area contributed by atoms with Gasteiger partial charge in [0, 0.05) is 16.2 Å². The standard InChI is InChI=1S/C15H19BrN2O3/c1-9-2-5-12(8-13(9)16)18-15(21)17-11-6-3-10(4-7-11)14(19)20/h2,5,8,10-11H,3-4,6-7H2,1H3,(H,19,20)(H2,17,18,21). The number of aryl methyl sites for hydroxylation is 1. The van der Waals surface area contributed by atoms with Crippen molar-refractivity contribution in [2.24, 2.45) is 5.92 Å². The molecule has 3 N–H and O–H groups in total. The first-order valence-corrected chi connectivity index (χ1v) is 7.81. The Morgan fingerprint density at radius 2 is 1.90 bits per heavy atom. The van der Waals surface area contributed by atoms with Gasteiger partial charge in [-0.15, -0.1) is 0 Å². The number of nitrogens with one attached hydrogen (secondary N) is 2. The van der Waals surface area contributed by atoms with Crippen LogP contribution < -0.4 is 10.6 Å². The summed E-state index contributed by atoms with van der Waals surface area (Å²) in [6.07, 6.45) is 2.66. The molecule has 6 heteroatoms. The van der Waals surface area contributed by atoms with E-state index in [9.17, 15) is 9.59 Å². The lowest BCUT2D eigenvalue weighted by Crippen LogP contribution is -2.40. The molecule has 1 aliphatic carbocycles. The maximum absolute atomic E-state index is 11.9. The molecule has 0 spiro atoms. The molecule has 0 unspecified atom stereocenters. The van der Waals surface area contributed by atoms with Crippen molar-refractivity contribution in [2.75, 3.05) is 5.32 Å². The van der Waals surface area contributed by atoms with Crippen LogP contribution in [-0.2, 0) is 4.79 Å². The number of anilines is 1. The minimum atomic E-state index is -0.734. The van der Waals surface area contributed by atoms with E-state index in [4.69, 9.17) is 5.11 Å². The van der Waals surface area contributed by atoms with Crippen LogP contribution in [0.1, 0.15) is 31.2 Å². The number of amides is 2. The van der Waals surface area contributed by atoms with Crippen molar-refractivity contribution >= 4 is 33.6 Å². The van der Waals surface area contributed by atoms with E-state index in [0.717, 1.165) is 15.7 Å². The average molecular weight is 355 g/mol. The minimum absolute atomic E-state index is 0.0505. The SMILES string of the molecule is Cc1ccc(NC(=O)NC2CCC(C(=O)O)CC2)cc1Br. The van der Waals surface area contributed by atoms with Crippen molar-refractivity contribution in [3.05, 3.63) is 28.2 Å². The van der Waals surface area contributed by atoms with E-state index in [1.54, 1.807) is 0 Å². The van der Waals surface area contributed by atoms with E-state index in [-0.39, 0.29) is 18.0 Å². The summed E-state index contributed by atoms with van der Waals surface area (Å²) in [7, 11) is 0. The summed E-state index contributed by atoms with van der Waals surface area (Å²) in [5, 5.41) is 14.6. The average Bonchev–Trinajstić information content (AvgIpc) is 2.43. The number of hydrogen-bond acceptors (Lipinski definition) is 2. The first-order chi connectivity index (χ1) is 9.95. The van der Waals surface area contributed by atoms with Crippen LogP contribution in [0.3, 0.4) is 0 Å². The Balaban J connectivity index is 1.82. The van der Waals surface area contributed by atoms with Gasteiger partial charge < -0.3 is 15.7 Å². The normalized spacial score (nSPS) is 21.6. The summed E-state index contributed by atoms with van der Waals surface area (Å²) in [5.41, 5.74) is 1.83. The Bertz CT molecular complexity index is 540. The third-order valence-corrected chi connectivity index (χ3v) is 4.70. The molecule has 21 heavy (non-hydrogen) atoms. The van der Waals surface area contributed by atoms with Crippen LogP contribution in [0.5, 0.6) is 0 Å². The van der Waals surface area contributed by atoms with Crippen LogP contribution in [0, 0.1) is 12.8 Å². The zero-order valence-electron chi connectivity index (χ0n) is 11.9. The first kappa shape index (κ1) is 15.8. The quantitative estimate of drug-likeness (QED) is 0.776. The van der Waals surface area contributed by atoms with Crippen molar-refractivity contribution in [2.45, 2.75) is 38.6 Å². The monoisotopic (exact) mass is 354 g/mol. The summed E-state index contributed by atoms with van der Waals surface area (Å²) >= 11 is 3.43. The topological polar surface area (TPSA) is 78.4 Å². The molecule has 1 saturated carbocycles. The number of carbonyl (C=O) groups is 2. The second kappa shape index (κ2) is 6.93. The van der Waals surface area contributed by atoms with E-state index in [0.29, 0.717) is 25.7 Å². The fraction of sp³-hybridized carbons (Fsp3) is 0.467. The van der Waals surface area contributed by atoms with Crippen molar-refractivity contribution in [3.63, 3.8) is 0 Å². The van der Waals surface area contributed by atoms with Gasteiger partial charge in [0.1, 0.15) is 0 Å². The molecule has 0 aromatic heterocycles. The van der Waals surface area contributed by atoms with Gasteiger partial charge in [0.25, 0.3) is 0 Å². The highest BCUT2D eigenvalue weighted by Crippen LogP contribution is 2.25. The van der Waals surface area contributed by atoms with Crippen LogP contribution in [0.25, 0.3) is 0 Å². The van der Waals surface area contributed by atoms with Gasteiger partial charge in [0.05, 0.1) is 5.92 Å². The zero-order valence-corrected chi connectivity index (χ0v) is 13.4. The molecule has 1 aromatic rings. The molecule has 0 heterocycles. The molecule has 114 valence electrons. The molecule has 0 radical (unpaired) electrons. The van der Waals surface area contributed by atoms with Crippen LogP contribution in [0.4, 0.5) is 10.5 Å². The number of halogens is 1. The third-order valence-electron chi connectivity index (χ3n) is 3.84. The molecule has 0 saturated heterocycles. The fourth-order valence-corrected chi connectivity index (χ4v) is 2.89. The van der Waals surface area contributed by atoms with Crippen molar-refractivity contribution in [1.82, 2.24) is 5.32 Å². The molecule has 2 amide bonds. The van der Waals surface area contributed by atoms with Crippen LogP contribution >= 0.6 is 15.9 Å². The molecular formula is C15H19BrN2O3. The third kappa shape index (κ3) is 4.46. The van der Waals surface area contributed by atoms with Crippen molar-refractivity contribution in [3.8, 4) is 0 Å². The molecule has 0 bridgehead atoms. The molecule has 1 aromatic carbocycles. The molecular weight excluding hydrogens is 336 g/mol. The van der Waals surface area contributed by atoms with Crippen LogP contribution in [0.15, 0.2) is 22.7 Å². The number of hydrogen-bond donors (Lipinski definition) is 3. The highest BCUT2D eigenvalue weighted by molar-refractivity contribution is 9.10. The summed E-state index contributed by atoms with van der Waals surface area (Å²) < 4.78 is 0.947. The zero-order chi connectivity index (χ0) is 15.4. The number of carboxylic acids is 1. The lowest BCUT2D eigenvalue weighted by atomic mass is 9.86. The van der Waals surface area contributed by atoms with Gasteiger partial charge >= 0.3 is 12.0 Å². The van der Waals surface area contributed by atoms with Gasteiger partial charge in [-0.3, -0.25) is 4.79 Å². The van der Waals surface area contributed by atoms with Gasteiger partial charge in [-0.1, -0.05) is 22.0 Å². The lowest BCUT2D eigenvalue weighted by Gasteiger charge is -2.26. The Labute approximate surface area is 132 Å². The van der Waals surface area contributed by atoms with E-state index in [1.807, 2.05) is 25.1 Å². The Kier molecular flexibility index (Phi) is 5.22. The second-order valence-corrected chi connectivity index (χ2v) is 6.30. The van der Waals surface area contributed by atoms with Gasteiger partial charge in [-0.05, 0) is 50.3 Å². The van der Waals surface area contributed by atoms with E-state index in [2.05, 4.69) is 26.6 Å². The summed E-state index contributed by atoms with van der Waals surface area (Å²) in [5.74, 6) is -0.999. The summed E-state index contributed by atoms with van der Waals surface area (Å²) in [4.78, 5) is 22.8. The molecule has 0 atom stereocenters. The maximum Gasteiger partial charge on any atom is 0.319 e. The molecule has 2 rings (SSSR count). The van der Waals surface area contributed by atoms with Gasteiger partial charge in [-0.25, -0.2) is 4.79 Å². The minimum Gasteiger partial charge on any atom is -0.481 e. The molecule has 0 aliphatic heterocycles. The van der Waals surface area contributed by atoms with Gasteiger partial charge in [0.2, 0.25) is 0 Å². The lowest BCUT2D eigenvalue weighted by molar-refractivity contribution is -0.142. The van der Waals surface area contributed by atoms with E-state index < -0.39 is 5.97 Å². The van der Waals surface area contributed by atoms with Gasteiger partial charge in [-0.2, -0.15) is 0 Å². The Morgan fingerprint density at radius 1 is 1.24 bits per heavy atom. The molecule has 1 fully saturated rings. The highest BCUT2D eigenvalue weighted by atomic mass is 79.9. The number of rotatable bonds is 3. The van der Waals surface area contributed by atoms with Gasteiger partial charge in [0.15, 0.2) is 0 Å². The number of benzene rings is 1. The number of urea groups is 1. The summed E-state index contributed by atoms with van der Waals surface area (Å²) in [6, 6.07) is 5.44. The number of aliphatic carboxylic acids is 1. The number of carbonyl (C=O) groups excluding carboxylic acids is 1. The number of carboxylic acid groups (broad SMARTS) is 1. The second-order valence-electron chi connectivity index (χ2n) is 5.45. The first-order valence-electron chi connectivity index (χ1n) is 7.02. The van der Waals surface area contributed by atoms with Crippen molar-refractivity contribution in [1.29, 1.82) is 0 Å². The maximum atomic E-state index is 11.9. The fourth-order valence-electron chi connectivity index (χ4n) is 2.51.